The van der Waals surface area contributed by atoms with E-state index in [0.29, 0.717) is 17.9 Å². The lowest BCUT2D eigenvalue weighted by Crippen LogP contribution is -2.18. The highest BCUT2D eigenvalue weighted by Gasteiger charge is 2.30. The molecule has 0 saturated carbocycles. The summed E-state index contributed by atoms with van der Waals surface area (Å²) in [6.07, 6.45) is -4.73. The van der Waals surface area contributed by atoms with Crippen LogP contribution < -0.4 is 16.7 Å². The molecule has 0 aromatic heterocycles. The molecule has 92 heavy (non-hydrogen) atoms. The summed E-state index contributed by atoms with van der Waals surface area (Å²) in [5.41, 5.74) is 0.506. The molecular weight excluding hydrogens is 1540 g/mol. The van der Waals surface area contributed by atoms with Crippen LogP contribution >= 0.6 is 63.7 Å². The van der Waals surface area contributed by atoms with Crippen LogP contribution in [-0.2, 0) is 120 Å². The highest BCUT2D eigenvalue weighted by molar-refractivity contribution is 9.11. The van der Waals surface area contributed by atoms with Gasteiger partial charge in [-0.3, -0.25) is 19.2 Å². The average molecular weight is 1590 g/mol. The summed E-state index contributed by atoms with van der Waals surface area (Å²) >= 11 is 13.2. The van der Waals surface area contributed by atoms with Gasteiger partial charge in [0, 0.05) is 17.9 Å². The summed E-state index contributed by atoms with van der Waals surface area (Å²) in [7, 11) is -19.0. The number of carbonyl (C=O) groups excluding carboxylic acids is 2. The number of halogens is 4. The maximum atomic E-state index is 14.3. The second-order valence-corrected chi connectivity index (χ2v) is 30.5. The molecule has 9 rings (SSSR count). The fourth-order valence-electron chi connectivity index (χ4n) is 10.4. The Balaban J connectivity index is 1.42. The molecule has 2 N–H and O–H groups in total. The highest BCUT2D eigenvalue weighted by atomic mass is 79.9. The van der Waals surface area contributed by atoms with Crippen LogP contribution in [0, 0.1) is 0 Å². The maximum Gasteiger partial charge on any atom is 0.339 e. The number of carboxylic acid groups (broad SMARTS) is 2. The van der Waals surface area contributed by atoms with E-state index in [9.17, 15) is 63.1 Å². The zero-order valence-corrected chi connectivity index (χ0v) is 57.9. The average Bonchev–Trinajstić information content (AvgIpc) is 0.771. The molecule has 1 aliphatic carbocycles. The van der Waals surface area contributed by atoms with Gasteiger partial charge in [-0.25, -0.2) is 0 Å². The van der Waals surface area contributed by atoms with Gasteiger partial charge in [-0.1, -0.05) is 63.7 Å². The molecule has 8 aromatic carbocycles. The molecule has 8 aromatic rings. The van der Waals surface area contributed by atoms with Crippen molar-refractivity contribution in [1.82, 2.24) is 0 Å². The van der Waals surface area contributed by atoms with E-state index in [1.54, 1.807) is 13.8 Å². The third-order valence-corrected chi connectivity index (χ3v) is 21.5. The van der Waals surface area contributed by atoms with Gasteiger partial charge in [-0.15, -0.1) is 0 Å². The van der Waals surface area contributed by atoms with E-state index in [1.165, 1.54) is 146 Å². The first kappa shape index (κ1) is 68.9. The fraction of sp³-hybridized carbons (Fsp3) is 0.188. The Hall–Kier alpha value is -7.44. The lowest BCUT2D eigenvalue weighted by molar-refractivity contribution is -0.143. The highest BCUT2D eigenvalue weighted by Crippen LogP contribution is 2.40. The van der Waals surface area contributed by atoms with Crippen LogP contribution in [0.4, 0.5) is 0 Å². The Morgan fingerprint density at radius 3 is 0.696 bits per heavy atom. The minimum Gasteiger partial charge on any atom is -0.481 e. The van der Waals surface area contributed by atoms with E-state index in [-0.39, 0.29) is 111 Å². The maximum absolute atomic E-state index is 14.3. The molecular formula is C64H52Br4O20S4. The molecule has 0 unspecified atom stereocenters. The number of rotatable bonds is 22. The van der Waals surface area contributed by atoms with Crippen LogP contribution in [0.3, 0.4) is 0 Å². The van der Waals surface area contributed by atoms with Crippen LogP contribution in [0.15, 0.2) is 183 Å². The van der Waals surface area contributed by atoms with E-state index in [0.717, 1.165) is 0 Å². The monoisotopic (exact) mass is 1580 g/mol. The number of carbonyl (C=O) groups is 4. The van der Waals surface area contributed by atoms with Gasteiger partial charge in [-0.2, -0.15) is 33.7 Å². The molecule has 0 radical (unpaired) electrons. The lowest BCUT2D eigenvalue weighted by Gasteiger charge is -2.24. The van der Waals surface area contributed by atoms with Crippen molar-refractivity contribution in [2.24, 2.45) is 0 Å². The van der Waals surface area contributed by atoms with Crippen LogP contribution in [-0.4, -0.2) is 81.0 Å². The second kappa shape index (κ2) is 28.8. The standard InChI is InChI=1S/C64H52Br4O20S4/c1-3-83-63(73)35-59-41-22-39-27-49(85-89(75,76)53-13-5-45(65)6-14-53)25-37(57(39)33-61(69)70)21-38-26-50(86-90(77,78)54-15-7-46(66)8-16-54)28-40(58(38)34-62(71)72)23-42-30-52(88-92(81,82)56-19-11-48(68)12-20-56)32-44(60(42)36-64(74)84-4-2)24-43(59)31-51(29-41)87-91(79,80)55-17-9-47(67)10-18-55/h5-20,25-32H,3-4,21-24,33-36H2,1-2H3,(H,69,70)(H,71,72). The van der Waals surface area contributed by atoms with Gasteiger partial charge in [0.25, 0.3) is 0 Å². The van der Waals surface area contributed by atoms with Crippen LogP contribution in [0.1, 0.15) is 80.6 Å². The number of esters is 2. The van der Waals surface area contributed by atoms with Crippen molar-refractivity contribution in [2.45, 2.75) is 84.8 Å². The Kier molecular flexibility index (Phi) is 21.6. The predicted octanol–water partition coefficient (Wildman–Crippen LogP) is 11.9. The summed E-state index contributed by atoms with van der Waals surface area (Å²) < 4.78 is 151. The van der Waals surface area contributed by atoms with Gasteiger partial charge < -0.3 is 36.4 Å². The van der Waals surface area contributed by atoms with E-state index in [2.05, 4.69) is 63.7 Å². The lowest BCUT2D eigenvalue weighted by atomic mass is 9.82. The molecule has 0 aliphatic heterocycles. The molecule has 8 bridgehead atoms. The Bertz CT molecular complexity index is 4380. The molecule has 28 heteroatoms. The first-order valence-corrected chi connectivity index (χ1v) is 36.4. The summed E-state index contributed by atoms with van der Waals surface area (Å²) in [6, 6.07) is 31.9. The topological polar surface area (TPSA) is 301 Å². The summed E-state index contributed by atoms with van der Waals surface area (Å²) in [5, 5.41) is 21.6. The van der Waals surface area contributed by atoms with Crippen molar-refractivity contribution in [3.63, 3.8) is 0 Å². The van der Waals surface area contributed by atoms with E-state index in [4.69, 9.17) is 26.2 Å². The molecule has 0 atom stereocenters. The first-order chi connectivity index (χ1) is 43.5. The third kappa shape index (κ3) is 17.2. The Morgan fingerprint density at radius 1 is 0.337 bits per heavy atom. The second-order valence-electron chi connectivity index (χ2n) is 20.7. The number of hydrogen-bond acceptors (Lipinski definition) is 18. The van der Waals surface area contributed by atoms with E-state index in [1.807, 2.05) is 0 Å². The predicted molar refractivity (Wildman–Crippen MR) is 348 cm³/mol. The zero-order chi connectivity index (χ0) is 66.5. The summed E-state index contributed by atoms with van der Waals surface area (Å²) in [5.74, 6) is -5.99. The number of benzene rings is 8. The van der Waals surface area contributed by atoms with E-state index >= 15 is 0 Å². The van der Waals surface area contributed by atoms with Crippen molar-refractivity contribution in [3.05, 3.63) is 230 Å². The molecule has 0 amide bonds. The van der Waals surface area contributed by atoms with Gasteiger partial charge in [0.1, 0.15) is 42.6 Å². The molecule has 0 heterocycles. The van der Waals surface area contributed by atoms with Gasteiger partial charge in [-0.05, 0) is 252 Å². The van der Waals surface area contributed by atoms with Crippen LogP contribution in [0.25, 0.3) is 0 Å². The number of carboxylic acids is 2. The van der Waals surface area contributed by atoms with Crippen LogP contribution in [0.2, 0.25) is 0 Å². The van der Waals surface area contributed by atoms with E-state index < -0.39 is 127 Å². The van der Waals surface area contributed by atoms with Gasteiger partial charge in [0.15, 0.2) is 0 Å². The molecule has 0 fully saturated rings. The minimum absolute atomic E-state index is 0.00559. The smallest absolute Gasteiger partial charge is 0.339 e. The number of aliphatic carboxylic acids is 2. The van der Waals surface area contributed by atoms with Crippen molar-refractivity contribution < 1.29 is 89.3 Å². The SMILES string of the molecule is CCOC(=O)Cc1c2cc(OS(=O)(=O)c3ccc(Br)cc3)cc1Cc1cc(OS(=O)(=O)c3ccc(Br)cc3)cc(c1CC(=O)OCC)Cc1cc(OS(=O)(=O)c3ccc(Br)cc3)cc(c1CC(=O)O)Cc1cc(OS(=O)(=O)c3ccc(Br)cc3)cc(c1CC(=O)O)C2. The molecule has 0 spiro atoms. The third-order valence-electron chi connectivity index (χ3n) is 14.3. The van der Waals surface area contributed by atoms with Gasteiger partial charge in [0.05, 0.1) is 38.9 Å². The van der Waals surface area contributed by atoms with Gasteiger partial charge in [0.2, 0.25) is 0 Å². The Labute approximate surface area is 563 Å². The fourth-order valence-corrected chi connectivity index (χ4v) is 15.1. The van der Waals surface area contributed by atoms with Crippen molar-refractivity contribution in [3.8, 4) is 23.0 Å². The summed E-state index contributed by atoms with van der Waals surface area (Å²) in [6.45, 7) is 2.90. The van der Waals surface area contributed by atoms with Crippen molar-refractivity contribution in [2.75, 3.05) is 13.2 Å². The largest absolute Gasteiger partial charge is 0.481 e. The molecule has 20 nitrogen and oxygen atoms in total. The van der Waals surface area contributed by atoms with Gasteiger partial charge >= 0.3 is 64.3 Å². The first-order valence-electron chi connectivity index (χ1n) is 27.6. The molecule has 1 aliphatic rings. The van der Waals surface area contributed by atoms with Crippen LogP contribution in [0.5, 0.6) is 23.0 Å². The number of ether oxygens (including phenoxy) is 2. The van der Waals surface area contributed by atoms with Crippen molar-refractivity contribution in [1.29, 1.82) is 0 Å². The minimum atomic E-state index is -4.74. The normalized spacial score (nSPS) is 12.5. The number of hydrogen-bond donors (Lipinski definition) is 2. The van der Waals surface area contributed by atoms with Crippen molar-refractivity contribution >= 4 is 128 Å². The molecule has 480 valence electrons. The quantitative estimate of drug-likeness (QED) is 0.0470. The zero-order valence-electron chi connectivity index (χ0n) is 48.3. The Morgan fingerprint density at radius 2 is 0.522 bits per heavy atom. The molecule has 0 saturated heterocycles. The number of fused-ring (bicyclic) bond motifs is 8. The summed E-state index contributed by atoms with van der Waals surface area (Å²) in [4.78, 5) is 53.6.